The fourth-order valence-corrected chi connectivity index (χ4v) is 4.03. The van der Waals surface area contributed by atoms with E-state index in [1.165, 1.54) is 31.2 Å². The summed E-state index contributed by atoms with van der Waals surface area (Å²) < 4.78 is 5.80. The minimum absolute atomic E-state index is 0.207. The predicted octanol–water partition coefficient (Wildman–Crippen LogP) is 3.41. The number of nitrogens with one attached hydrogen (secondary N) is 1. The fraction of sp³-hybridized carbons (Fsp3) is 0.647. The first-order chi connectivity index (χ1) is 9.70. The maximum Gasteiger partial charge on any atom is 0.120 e. The van der Waals surface area contributed by atoms with E-state index >= 15 is 0 Å². The third-order valence-corrected chi connectivity index (χ3v) is 4.88. The van der Waals surface area contributed by atoms with E-state index in [2.05, 4.69) is 37.5 Å². The monoisotopic (exact) mass is 274 g/mol. The summed E-state index contributed by atoms with van der Waals surface area (Å²) in [6.45, 7) is 4.11. The van der Waals surface area contributed by atoms with Gasteiger partial charge in [0.05, 0.1) is 6.10 Å². The van der Waals surface area contributed by atoms with Crippen molar-refractivity contribution < 1.29 is 4.74 Å². The van der Waals surface area contributed by atoms with E-state index in [1.807, 2.05) is 6.07 Å². The van der Waals surface area contributed by atoms with Gasteiger partial charge in [0.25, 0.3) is 0 Å². The van der Waals surface area contributed by atoms with Crippen LogP contribution in [0.5, 0.6) is 5.75 Å². The van der Waals surface area contributed by atoms with Gasteiger partial charge in [-0.15, -0.1) is 0 Å². The molecule has 3 unspecified atom stereocenters. The van der Waals surface area contributed by atoms with Crippen molar-refractivity contribution in [2.24, 2.45) is 23.6 Å². The number of benzene rings is 1. The van der Waals surface area contributed by atoms with Crippen molar-refractivity contribution in [3.63, 3.8) is 0 Å². The maximum atomic E-state index is 5.86. The van der Waals surface area contributed by atoms with Crippen LogP contribution in [0.2, 0.25) is 0 Å². The molecule has 1 aromatic rings. The summed E-state index contributed by atoms with van der Waals surface area (Å²) in [5.41, 5.74) is 4.33. The van der Waals surface area contributed by atoms with Crippen LogP contribution in [0.3, 0.4) is 0 Å². The zero-order chi connectivity index (χ0) is 14.1. The Labute approximate surface area is 121 Å². The molecule has 0 amide bonds. The Balaban J connectivity index is 1.76. The molecule has 0 bridgehead atoms. The maximum absolute atomic E-state index is 5.86. The minimum atomic E-state index is 0.207. The summed E-state index contributed by atoms with van der Waals surface area (Å²) in [7, 11) is 0. The van der Waals surface area contributed by atoms with Crippen LogP contribution in [0.25, 0.3) is 0 Å². The lowest BCUT2D eigenvalue weighted by molar-refractivity contribution is 0.242. The molecule has 0 spiro atoms. The van der Waals surface area contributed by atoms with Gasteiger partial charge in [0, 0.05) is 6.04 Å². The molecule has 3 heteroatoms. The van der Waals surface area contributed by atoms with E-state index in [0.29, 0.717) is 0 Å². The summed E-state index contributed by atoms with van der Waals surface area (Å²) >= 11 is 0. The number of ether oxygens (including phenoxy) is 1. The van der Waals surface area contributed by atoms with Gasteiger partial charge in [0.15, 0.2) is 0 Å². The molecule has 0 heterocycles. The largest absolute Gasteiger partial charge is 0.491 e. The average molecular weight is 274 g/mol. The highest BCUT2D eigenvalue weighted by Gasteiger charge is 2.54. The standard InChI is InChI=1S/C17H26N2O/c1-11(2)20-13-7-5-6-12(10-13)17(19-18)16-14-8-3-4-9-15(14)16/h5-7,10-11,14-17,19H,3-4,8-9,18H2,1-2H3. The van der Waals surface area contributed by atoms with Gasteiger partial charge in [-0.1, -0.05) is 25.0 Å². The summed E-state index contributed by atoms with van der Waals surface area (Å²) in [5.74, 6) is 9.30. The summed E-state index contributed by atoms with van der Waals surface area (Å²) in [6.07, 6.45) is 5.76. The number of nitrogens with two attached hydrogens (primary N) is 1. The molecule has 0 saturated heterocycles. The van der Waals surface area contributed by atoms with Crippen LogP contribution in [0.4, 0.5) is 0 Å². The first-order valence-corrected chi connectivity index (χ1v) is 7.93. The van der Waals surface area contributed by atoms with Gasteiger partial charge in [-0.05, 0) is 62.1 Å². The average Bonchev–Trinajstić information content (AvgIpc) is 3.14. The molecule has 0 aromatic heterocycles. The van der Waals surface area contributed by atoms with Gasteiger partial charge in [0.2, 0.25) is 0 Å². The molecule has 20 heavy (non-hydrogen) atoms. The van der Waals surface area contributed by atoms with Crippen LogP contribution in [0, 0.1) is 17.8 Å². The SMILES string of the molecule is CC(C)Oc1cccc(C(NN)C2C3CCCCC32)c1. The van der Waals surface area contributed by atoms with E-state index in [9.17, 15) is 0 Å². The third kappa shape index (κ3) is 2.70. The van der Waals surface area contributed by atoms with Crippen molar-refractivity contribution in [3.05, 3.63) is 29.8 Å². The third-order valence-electron chi connectivity index (χ3n) is 4.88. The second kappa shape index (κ2) is 5.74. The van der Waals surface area contributed by atoms with Gasteiger partial charge in [-0.25, -0.2) is 0 Å². The van der Waals surface area contributed by atoms with E-state index in [1.54, 1.807) is 0 Å². The van der Waals surface area contributed by atoms with Crippen molar-refractivity contribution in [1.29, 1.82) is 0 Å². The van der Waals surface area contributed by atoms with Crippen molar-refractivity contribution in [2.75, 3.05) is 0 Å². The van der Waals surface area contributed by atoms with Crippen LogP contribution in [0.1, 0.15) is 51.1 Å². The zero-order valence-electron chi connectivity index (χ0n) is 12.5. The summed E-state index contributed by atoms with van der Waals surface area (Å²) in [4.78, 5) is 0. The van der Waals surface area contributed by atoms with Gasteiger partial charge < -0.3 is 4.74 Å². The number of hydrogen-bond acceptors (Lipinski definition) is 3. The van der Waals surface area contributed by atoms with Crippen LogP contribution in [-0.4, -0.2) is 6.10 Å². The summed E-state index contributed by atoms with van der Waals surface area (Å²) in [5, 5.41) is 0. The highest BCUT2D eigenvalue weighted by Crippen LogP contribution is 2.60. The molecule has 0 radical (unpaired) electrons. The molecule has 2 aliphatic carbocycles. The number of fused-ring (bicyclic) bond motifs is 1. The predicted molar refractivity (Wildman–Crippen MR) is 81.2 cm³/mol. The van der Waals surface area contributed by atoms with Crippen LogP contribution in [-0.2, 0) is 0 Å². The van der Waals surface area contributed by atoms with Crippen LogP contribution in [0.15, 0.2) is 24.3 Å². The Bertz CT molecular complexity index is 448. The number of rotatable bonds is 5. The highest BCUT2D eigenvalue weighted by molar-refractivity contribution is 5.32. The van der Waals surface area contributed by atoms with Crippen LogP contribution >= 0.6 is 0 Å². The Morgan fingerprint density at radius 2 is 1.90 bits per heavy atom. The van der Waals surface area contributed by atoms with Gasteiger partial charge >= 0.3 is 0 Å². The molecule has 0 aliphatic heterocycles. The highest BCUT2D eigenvalue weighted by atomic mass is 16.5. The van der Waals surface area contributed by atoms with Crippen molar-refractivity contribution in [1.82, 2.24) is 5.43 Å². The molecule has 110 valence electrons. The second-order valence-corrected chi connectivity index (χ2v) is 6.57. The van der Waals surface area contributed by atoms with Crippen LogP contribution < -0.4 is 16.0 Å². The topological polar surface area (TPSA) is 47.3 Å². The molecule has 2 aliphatic rings. The normalized spacial score (nSPS) is 29.9. The number of hydrazine groups is 1. The second-order valence-electron chi connectivity index (χ2n) is 6.57. The Kier molecular flexibility index (Phi) is 3.99. The lowest BCUT2D eigenvalue weighted by Crippen LogP contribution is -2.30. The van der Waals surface area contributed by atoms with Crippen molar-refractivity contribution in [3.8, 4) is 5.75 Å². The quantitative estimate of drug-likeness (QED) is 0.639. The van der Waals surface area contributed by atoms with Gasteiger partial charge in [-0.2, -0.15) is 0 Å². The molecular formula is C17H26N2O. The summed E-state index contributed by atoms with van der Waals surface area (Å²) in [6, 6.07) is 8.69. The lowest BCUT2D eigenvalue weighted by Gasteiger charge is -2.18. The molecule has 3 atom stereocenters. The Morgan fingerprint density at radius 1 is 1.20 bits per heavy atom. The van der Waals surface area contributed by atoms with E-state index < -0.39 is 0 Å². The van der Waals surface area contributed by atoms with E-state index in [-0.39, 0.29) is 12.1 Å². The zero-order valence-corrected chi connectivity index (χ0v) is 12.5. The molecule has 2 saturated carbocycles. The van der Waals surface area contributed by atoms with Gasteiger partial charge in [-0.3, -0.25) is 11.3 Å². The first kappa shape index (κ1) is 13.9. The molecule has 2 fully saturated rings. The number of hydrogen-bond donors (Lipinski definition) is 2. The Hall–Kier alpha value is -1.06. The van der Waals surface area contributed by atoms with Crippen molar-refractivity contribution >= 4 is 0 Å². The smallest absolute Gasteiger partial charge is 0.120 e. The molecule has 3 nitrogen and oxygen atoms in total. The van der Waals surface area contributed by atoms with Gasteiger partial charge in [0.1, 0.15) is 5.75 Å². The Morgan fingerprint density at radius 3 is 2.50 bits per heavy atom. The van der Waals surface area contributed by atoms with E-state index in [4.69, 9.17) is 10.6 Å². The van der Waals surface area contributed by atoms with Crippen molar-refractivity contribution in [2.45, 2.75) is 51.7 Å². The molecular weight excluding hydrogens is 248 g/mol. The minimum Gasteiger partial charge on any atom is -0.491 e. The molecule has 3 rings (SSSR count). The lowest BCUT2D eigenvalue weighted by atomic mass is 10.0. The fourth-order valence-electron chi connectivity index (χ4n) is 4.03. The van der Waals surface area contributed by atoms with E-state index in [0.717, 1.165) is 23.5 Å². The first-order valence-electron chi connectivity index (χ1n) is 7.93. The molecule has 1 aromatic carbocycles. The molecule has 3 N–H and O–H groups in total.